The average Bonchev–Trinajstić information content (AvgIpc) is 2.80. The molecule has 0 saturated carbocycles. The van der Waals surface area contributed by atoms with Crippen LogP contribution in [0.4, 0.5) is 21.5 Å². The molecule has 1 aliphatic rings. The van der Waals surface area contributed by atoms with Gasteiger partial charge in [0.25, 0.3) is 21.8 Å². The predicted octanol–water partition coefficient (Wildman–Crippen LogP) is 4.76. The molecule has 2 N–H and O–H groups in total. The number of halogens is 3. The maximum atomic E-state index is 14.7. The summed E-state index contributed by atoms with van der Waals surface area (Å²) in [4.78, 5) is 25.2. The first kappa shape index (κ1) is 24.9. The standard InChI is InChI=1S/C23H18Cl2FN3O5S/c24-15-3-1-2-14(10-15)22(30)28-21-11-16(4-7-19(21)25)27-23(31)18-6-5-17(12-20(18)26)29-8-9-34-13-35(29,32)33/h1-7,10-12H,8-9,13H2,(H,27,31)(H,28,30). The Morgan fingerprint density at radius 1 is 0.971 bits per heavy atom. The lowest BCUT2D eigenvalue weighted by molar-refractivity contribution is 0.101. The number of carbonyl (C=O) groups excluding carboxylic acids is 2. The molecule has 0 unspecified atom stereocenters. The molecule has 1 fully saturated rings. The first-order chi connectivity index (χ1) is 16.6. The van der Waals surface area contributed by atoms with Crippen LogP contribution < -0.4 is 14.9 Å². The van der Waals surface area contributed by atoms with Gasteiger partial charge in [0.15, 0.2) is 5.94 Å². The fraction of sp³-hybridized carbons (Fsp3) is 0.130. The Balaban J connectivity index is 1.50. The first-order valence-corrected chi connectivity index (χ1v) is 12.6. The van der Waals surface area contributed by atoms with Gasteiger partial charge in [0.2, 0.25) is 0 Å². The minimum Gasteiger partial charge on any atom is -0.362 e. The van der Waals surface area contributed by atoms with Crippen molar-refractivity contribution in [3.05, 3.63) is 87.7 Å². The molecule has 182 valence electrons. The number of hydrogen-bond donors (Lipinski definition) is 2. The minimum atomic E-state index is -3.73. The van der Waals surface area contributed by atoms with Gasteiger partial charge < -0.3 is 15.4 Å². The summed E-state index contributed by atoms with van der Waals surface area (Å²) in [7, 11) is -3.73. The number of carbonyl (C=O) groups is 2. The molecular weight excluding hydrogens is 520 g/mol. The van der Waals surface area contributed by atoms with Crippen molar-refractivity contribution in [3.8, 4) is 0 Å². The van der Waals surface area contributed by atoms with Crippen molar-refractivity contribution in [2.45, 2.75) is 0 Å². The third-order valence-corrected chi connectivity index (χ3v) is 7.15. The molecule has 0 aromatic heterocycles. The molecule has 0 radical (unpaired) electrons. The van der Waals surface area contributed by atoms with Crippen LogP contribution >= 0.6 is 23.2 Å². The maximum absolute atomic E-state index is 14.7. The molecule has 35 heavy (non-hydrogen) atoms. The lowest BCUT2D eigenvalue weighted by atomic mass is 10.1. The summed E-state index contributed by atoms with van der Waals surface area (Å²) in [6.07, 6.45) is 0. The van der Waals surface area contributed by atoms with Gasteiger partial charge in [-0.1, -0.05) is 29.3 Å². The van der Waals surface area contributed by atoms with Crippen LogP contribution in [0, 0.1) is 5.82 Å². The third-order valence-electron chi connectivity index (χ3n) is 5.05. The average molecular weight is 538 g/mol. The number of sulfonamides is 1. The van der Waals surface area contributed by atoms with Gasteiger partial charge in [-0.15, -0.1) is 0 Å². The Kier molecular flexibility index (Phi) is 7.27. The van der Waals surface area contributed by atoms with E-state index in [2.05, 4.69) is 10.6 Å². The predicted molar refractivity (Wildman–Crippen MR) is 132 cm³/mol. The fourth-order valence-corrected chi connectivity index (χ4v) is 4.97. The molecule has 3 aromatic carbocycles. The van der Waals surface area contributed by atoms with Crippen LogP contribution in [0.3, 0.4) is 0 Å². The summed E-state index contributed by atoms with van der Waals surface area (Å²) in [5, 5.41) is 5.80. The number of rotatable bonds is 5. The van der Waals surface area contributed by atoms with E-state index in [1.807, 2.05) is 0 Å². The fourth-order valence-electron chi connectivity index (χ4n) is 3.37. The van der Waals surface area contributed by atoms with Crippen LogP contribution in [0.25, 0.3) is 0 Å². The van der Waals surface area contributed by atoms with E-state index < -0.39 is 33.6 Å². The molecule has 1 aliphatic heterocycles. The quantitative estimate of drug-likeness (QED) is 0.488. The number of ether oxygens (including phenoxy) is 1. The highest BCUT2D eigenvalue weighted by atomic mass is 35.5. The van der Waals surface area contributed by atoms with E-state index in [-0.39, 0.29) is 40.8 Å². The normalized spacial score (nSPS) is 14.9. The summed E-state index contributed by atoms with van der Waals surface area (Å²) < 4.78 is 45.0. The van der Waals surface area contributed by atoms with Crippen LogP contribution in [0.15, 0.2) is 60.7 Å². The van der Waals surface area contributed by atoms with Crippen LogP contribution in [0.5, 0.6) is 0 Å². The van der Waals surface area contributed by atoms with Crippen molar-refractivity contribution in [3.63, 3.8) is 0 Å². The monoisotopic (exact) mass is 537 g/mol. The summed E-state index contributed by atoms with van der Waals surface area (Å²) in [6, 6.07) is 14.2. The Hall–Kier alpha value is -3.18. The molecule has 1 heterocycles. The van der Waals surface area contributed by atoms with Gasteiger partial charge in [0, 0.05) is 16.3 Å². The van der Waals surface area contributed by atoms with E-state index >= 15 is 0 Å². The Morgan fingerprint density at radius 3 is 2.49 bits per heavy atom. The number of anilines is 3. The summed E-state index contributed by atoms with van der Waals surface area (Å²) in [5.41, 5.74) is 0.592. The summed E-state index contributed by atoms with van der Waals surface area (Å²) in [6.45, 7) is 0.220. The third kappa shape index (κ3) is 5.73. The van der Waals surface area contributed by atoms with Crippen LogP contribution in [-0.4, -0.2) is 39.3 Å². The number of benzene rings is 3. The molecule has 8 nitrogen and oxygen atoms in total. The minimum absolute atomic E-state index is 0.0434. The Bertz CT molecular complexity index is 1420. The second-order valence-corrected chi connectivity index (χ2v) is 10.2. The van der Waals surface area contributed by atoms with Gasteiger partial charge in [-0.25, -0.2) is 12.8 Å². The molecule has 2 amide bonds. The highest BCUT2D eigenvalue weighted by molar-refractivity contribution is 7.92. The van der Waals surface area contributed by atoms with Gasteiger partial charge in [0.05, 0.1) is 35.1 Å². The van der Waals surface area contributed by atoms with Gasteiger partial charge in [-0.2, -0.15) is 0 Å². The van der Waals surface area contributed by atoms with Crippen LogP contribution in [0.1, 0.15) is 20.7 Å². The highest BCUT2D eigenvalue weighted by Crippen LogP contribution is 2.28. The number of hydrogen-bond acceptors (Lipinski definition) is 5. The molecule has 12 heteroatoms. The zero-order valence-electron chi connectivity index (χ0n) is 17.9. The van der Waals surface area contributed by atoms with E-state index in [0.29, 0.717) is 10.6 Å². The number of amides is 2. The van der Waals surface area contributed by atoms with Gasteiger partial charge in [0.1, 0.15) is 5.82 Å². The molecule has 0 atom stereocenters. The summed E-state index contributed by atoms with van der Waals surface area (Å²) in [5.74, 6) is -2.63. The SMILES string of the molecule is O=C(Nc1cc(NC(=O)c2ccc(N3CCOCS3(=O)=O)cc2F)ccc1Cl)c1cccc(Cl)c1. The molecule has 0 spiro atoms. The number of nitrogens with zero attached hydrogens (tertiary/aromatic N) is 1. The zero-order valence-corrected chi connectivity index (χ0v) is 20.3. The molecule has 0 aliphatic carbocycles. The lowest BCUT2D eigenvalue weighted by Gasteiger charge is -2.28. The smallest absolute Gasteiger partial charge is 0.259 e. The van der Waals surface area contributed by atoms with E-state index in [0.717, 1.165) is 10.4 Å². The Labute approximate surface area is 210 Å². The van der Waals surface area contributed by atoms with Crippen molar-refractivity contribution in [1.29, 1.82) is 0 Å². The summed E-state index contributed by atoms with van der Waals surface area (Å²) >= 11 is 12.1. The van der Waals surface area contributed by atoms with Crippen molar-refractivity contribution >= 4 is 62.1 Å². The second-order valence-electron chi connectivity index (χ2n) is 7.49. The van der Waals surface area contributed by atoms with Crippen molar-refractivity contribution in [1.82, 2.24) is 0 Å². The van der Waals surface area contributed by atoms with Crippen molar-refractivity contribution < 1.29 is 27.1 Å². The van der Waals surface area contributed by atoms with Crippen LogP contribution in [-0.2, 0) is 14.8 Å². The maximum Gasteiger partial charge on any atom is 0.259 e. The molecule has 1 saturated heterocycles. The van der Waals surface area contributed by atoms with Crippen LogP contribution in [0.2, 0.25) is 10.0 Å². The van der Waals surface area contributed by atoms with Crippen molar-refractivity contribution in [2.75, 3.05) is 34.0 Å². The van der Waals surface area contributed by atoms with Gasteiger partial charge in [-0.05, 0) is 54.6 Å². The second kappa shape index (κ2) is 10.2. The first-order valence-electron chi connectivity index (χ1n) is 10.2. The van der Waals surface area contributed by atoms with Gasteiger partial charge in [-0.3, -0.25) is 13.9 Å². The Morgan fingerprint density at radius 2 is 1.77 bits per heavy atom. The zero-order chi connectivity index (χ0) is 25.2. The molecule has 4 rings (SSSR count). The van der Waals surface area contributed by atoms with E-state index in [1.165, 1.54) is 36.4 Å². The van der Waals surface area contributed by atoms with E-state index in [1.54, 1.807) is 18.2 Å². The number of nitrogens with one attached hydrogen (secondary N) is 2. The molecule has 3 aromatic rings. The lowest BCUT2D eigenvalue weighted by Crippen LogP contribution is -2.41. The largest absolute Gasteiger partial charge is 0.362 e. The van der Waals surface area contributed by atoms with E-state index in [4.69, 9.17) is 27.9 Å². The van der Waals surface area contributed by atoms with E-state index in [9.17, 15) is 22.4 Å². The molecule has 0 bridgehead atoms. The molecular formula is C23H18Cl2FN3O5S. The highest BCUT2D eigenvalue weighted by Gasteiger charge is 2.27. The topological polar surface area (TPSA) is 105 Å². The van der Waals surface area contributed by atoms with Gasteiger partial charge >= 0.3 is 0 Å². The van der Waals surface area contributed by atoms with Crippen molar-refractivity contribution in [2.24, 2.45) is 0 Å².